The predicted octanol–water partition coefficient (Wildman–Crippen LogP) is 2.71. The van der Waals surface area contributed by atoms with Crippen molar-refractivity contribution in [2.75, 3.05) is 19.7 Å². The summed E-state index contributed by atoms with van der Waals surface area (Å²) in [6.45, 7) is 4.75. The first-order valence-corrected chi connectivity index (χ1v) is 5.61. The number of hydrogen-bond donors (Lipinski definition) is 1. The monoisotopic (exact) mass is 291 g/mol. The van der Waals surface area contributed by atoms with Gasteiger partial charge in [0.25, 0.3) is 0 Å². The second kappa shape index (κ2) is 5.30. The Morgan fingerprint density at radius 1 is 1.33 bits per heavy atom. The van der Waals surface area contributed by atoms with Crippen molar-refractivity contribution in [1.82, 2.24) is 5.32 Å². The molecule has 1 aliphatic rings. The molecule has 0 radical (unpaired) electrons. The van der Waals surface area contributed by atoms with Gasteiger partial charge in [0.15, 0.2) is 0 Å². The van der Waals surface area contributed by atoms with Gasteiger partial charge < -0.3 is 10.1 Å². The minimum atomic E-state index is -0.168. The molecule has 1 heterocycles. The van der Waals surface area contributed by atoms with Gasteiger partial charge in [-0.1, -0.05) is 28.1 Å². The highest BCUT2D eigenvalue weighted by molar-refractivity contribution is 9.10. The van der Waals surface area contributed by atoms with Crippen LogP contribution in [0, 0.1) is 0 Å². The highest BCUT2D eigenvalue weighted by Gasteiger charge is 2.29. The maximum atomic E-state index is 5.81. The number of morpholine rings is 1. The Bertz CT molecular complexity index is 309. The van der Waals surface area contributed by atoms with Crippen LogP contribution in [0.1, 0.15) is 12.5 Å². The number of halogens is 2. The third-order valence-corrected chi connectivity index (χ3v) is 3.15. The van der Waals surface area contributed by atoms with Gasteiger partial charge in [0.1, 0.15) is 5.60 Å². The summed E-state index contributed by atoms with van der Waals surface area (Å²) in [4.78, 5) is 0. The largest absolute Gasteiger partial charge is 0.368 e. The summed E-state index contributed by atoms with van der Waals surface area (Å²) in [6, 6.07) is 8.32. The lowest BCUT2D eigenvalue weighted by Gasteiger charge is -2.34. The van der Waals surface area contributed by atoms with Crippen molar-refractivity contribution >= 4 is 28.3 Å². The smallest absolute Gasteiger partial charge is 0.103 e. The van der Waals surface area contributed by atoms with Crippen LogP contribution in [-0.4, -0.2) is 19.7 Å². The zero-order chi connectivity index (χ0) is 10.0. The van der Waals surface area contributed by atoms with Crippen molar-refractivity contribution < 1.29 is 4.74 Å². The van der Waals surface area contributed by atoms with Gasteiger partial charge in [-0.3, -0.25) is 0 Å². The standard InChI is InChI=1S/C11H14BrNO.ClH/c1-11(8-13-6-7-14-11)9-2-4-10(12)5-3-9;/h2-5,13H,6-8H2,1H3;1H. The summed E-state index contributed by atoms with van der Waals surface area (Å²) in [7, 11) is 0. The SMILES string of the molecule is CC1(c2ccc(Br)cc2)CNCCO1.Cl. The third kappa shape index (κ3) is 2.94. The molecule has 4 heteroatoms. The number of ether oxygens (including phenoxy) is 1. The minimum absolute atomic E-state index is 0. The van der Waals surface area contributed by atoms with Gasteiger partial charge in [0, 0.05) is 17.6 Å². The first-order valence-electron chi connectivity index (χ1n) is 4.81. The zero-order valence-electron chi connectivity index (χ0n) is 8.63. The molecule has 15 heavy (non-hydrogen) atoms. The summed E-state index contributed by atoms with van der Waals surface area (Å²) in [5, 5.41) is 3.35. The first kappa shape index (κ1) is 13.0. The number of benzene rings is 1. The van der Waals surface area contributed by atoms with Crippen LogP contribution < -0.4 is 5.32 Å². The average molecular weight is 293 g/mol. The van der Waals surface area contributed by atoms with E-state index < -0.39 is 0 Å². The van der Waals surface area contributed by atoms with Gasteiger partial charge in [0.05, 0.1) is 6.61 Å². The van der Waals surface area contributed by atoms with E-state index in [4.69, 9.17) is 4.74 Å². The number of nitrogens with one attached hydrogen (secondary N) is 1. The Morgan fingerprint density at radius 2 is 2.00 bits per heavy atom. The molecular weight excluding hydrogens is 277 g/mol. The molecule has 0 aliphatic carbocycles. The highest BCUT2D eigenvalue weighted by Crippen LogP contribution is 2.27. The normalized spacial score (nSPS) is 25.7. The molecule has 0 spiro atoms. The molecule has 0 aromatic heterocycles. The van der Waals surface area contributed by atoms with Gasteiger partial charge in [-0.15, -0.1) is 12.4 Å². The fourth-order valence-electron chi connectivity index (χ4n) is 1.71. The fourth-order valence-corrected chi connectivity index (χ4v) is 1.98. The Hall–Kier alpha value is -0.0900. The lowest BCUT2D eigenvalue weighted by atomic mass is 9.95. The molecule has 2 rings (SSSR count). The van der Waals surface area contributed by atoms with Gasteiger partial charge in [0.2, 0.25) is 0 Å². The van der Waals surface area contributed by atoms with Crippen LogP contribution in [0.5, 0.6) is 0 Å². The predicted molar refractivity (Wildman–Crippen MR) is 67.6 cm³/mol. The van der Waals surface area contributed by atoms with Gasteiger partial charge in [-0.2, -0.15) is 0 Å². The van der Waals surface area contributed by atoms with Crippen molar-refractivity contribution in [3.05, 3.63) is 34.3 Å². The lowest BCUT2D eigenvalue weighted by molar-refractivity contribution is -0.0572. The second-order valence-electron chi connectivity index (χ2n) is 3.76. The first-order chi connectivity index (χ1) is 6.71. The van der Waals surface area contributed by atoms with Crippen LogP contribution in [0.4, 0.5) is 0 Å². The molecule has 1 aliphatic heterocycles. The van der Waals surface area contributed by atoms with Crippen LogP contribution in [-0.2, 0) is 10.3 Å². The molecular formula is C11H15BrClNO. The second-order valence-corrected chi connectivity index (χ2v) is 4.68. The Balaban J connectivity index is 0.00000112. The maximum absolute atomic E-state index is 5.81. The van der Waals surface area contributed by atoms with E-state index in [2.05, 4.69) is 52.4 Å². The molecule has 1 fully saturated rings. The molecule has 1 unspecified atom stereocenters. The molecule has 0 amide bonds. The maximum Gasteiger partial charge on any atom is 0.103 e. The van der Waals surface area contributed by atoms with Crippen molar-refractivity contribution in [2.24, 2.45) is 0 Å². The molecule has 1 aromatic carbocycles. The molecule has 0 bridgehead atoms. The van der Waals surface area contributed by atoms with E-state index in [1.165, 1.54) is 5.56 Å². The molecule has 84 valence electrons. The zero-order valence-corrected chi connectivity index (χ0v) is 11.0. The topological polar surface area (TPSA) is 21.3 Å². The average Bonchev–Trinajstić information content (AvgIpc) is 2.19. The number of rotatable bonds is 1. The van der Waals surface area contributed by atoms with E-state index in [9.17, 15) is 0 Å². The van der Waals surface area contributed by atoms with Crippen LogP contribution in [0.3, 0.4) is 0 Å². The van der Waals surface area contributed by atoms with Gasteiger partial charge >= 0.3 is 0 Å². The van der Waals surface area contributed by atoms with Crippen molar-refractivity contribution in [3.63, 3.8) is 0 Å². The number of hydrogen-bond acceptors (Lipinski definition) is 2. The molecule has 0 saturated carbocycles. The van der Waals surface area contributed by atoms with Crippen LogP contribution in [0.15, 0.2) is 28.7 Å². The third-order valence-electron chi connectivity index (χ3n) is 2.62. The summed E-state index contributed by atoms with van der Waals surface area (Å²) < 4.78 is 6.92. The summed E-state index contributed by atoms with van der Waals surface area (Å²) >= 11 is 3.43. The van der Waals surface area contributed by atoms with E-state index in [0.29, 0.717) is 0 Å². The Kier molecular flexibility index (Phi) is 4.59. The van der Waals surface area contributed by atoms with E-state index in [0.717, 1.165) is 24.2 Å². The summed E-state index contributed by atoms with van der Waals surface area (Å²) in [6.07, 6.45) is 0. The molecule has 1 aromatic rings. The van der Waals surface area contributed by atoms with Crippen LogP contribution in [0.25, 0.3) is 0 Å². The van der Waals surface area contributed by atoms with E-state index >= 15 is 0 Å². The Labute approximate surface area is 105 Å². The molecule has 1 N–H and O–H groups in total. The lowest BCUT2D eigenvalue weighted by Crippen LogP contribution is -2.45. The highest BCUT2D eigenvalue weighted by atomic mass is 79.9. The minimum Gasteiger partial charge on any atom is -0.368 e. The molecule has 1 saturated heterocycles. The van der Waals surface area contributed by atoms with Gasteiger partial charge in [-0.05, 0) is 24.6 Å². The summed E-state index contributed by atoms with van der Waals surface area (Å²) in [5.41, 5.74) is 1.06. The molecule has 2 nitrogen and oxygen atoms in total. The van der Waals surface area contributed by atoms with Crippen molar-refractivity contribution in [3.8, 4) is 0 Å². The molecule has 1 atom stereocenters. The van der Waals surface area contributed by atoms with Crippen LogP contribution in [0.2, 0.25) is 0 Å². The van der Waals surface area contributed by atoms with E-state index in [1.54, 1.807) is 0 Å². The van der Waals surface area contributed by atoms with Crippen molar-refractivity contribution in [1.29, 1.82) is 0 Å². The van der Waals surface area contributed by atoms with Crippen molar-refractivity contribution in [2.45, 2.75) is 12.5 Å². The quantitative estimate of drug-likeness (QED) is 0.859. The van der Waals surface area contributed by atoms with Crippen LogP contribution >= 0.6 is 28.3 Å². The van der Waals surface area contributed by atoms with Gasteiger partial charge in [-0.25, -0.2) is 0 Å². The van der Waals surface area contributed by atoms with E-state index in [1.807, 2.05) is 0 Å². The fraction of sp³-hybridized carbons (Fsp3) is 0.455. The summed E-state index contributed by atoms with van der Waals surface area (Å²) in [5.74, 6) is 0. The van der Waals surface area contributed by atoms with E-state index in [-0.39, 0.29) is 18.0 Å². The Morgan fingerprint density at radius 3 is 2.53 bits per heavy atom.